The van der Waals surface area contributed by atoms with E-state index in [0.29, 0.717) is 4.47 Å². The highest BCUT2D eigenvalue weighted by Gasteiger charge is 2.23. The van der Waals surface area contributed by atoms with Crippen LogP contribution in [-0.4, -0.2) is 10.6 Å². The molecule has 0 bridgehead atoms. The van der Waals surface area contributed by atoms with Crippen LogP contribution in [0.4, 0.5) is 11.4 Å². The Hall–Kier alpha value is -1.49. The molecule has 96 valence electrons. The molecular formula is C9H2Br3N5O2. The van der Waals surface area contributed by atoms with E-state index in [1.54, 1.807) is 12.1 Å². The molecule has 0 fully saturated rings. The van der Waals surface area contributed by atoms with Gasteiger partial charge in [0.25, 0.3) is 5.69 Å². The molecule has 0 saturated carbocycles. The van der Waals surface area contributed by atoms with Gasteiger partial charge >= 0.3 is 0 Å². The number of hydrazone groups is 1. The summed E-state index contributed by atoms with van der Waals surface area (Å²) in [5, 5.41) is 31.5. The fourth-order valence-electron chi connectivity index (χ4n) is 1.04. The number of nitro benzene ring substituents is 1. The number of nitro groups is 1. The van der Waals surface area contributed by atoms with Gasteiger partial charge in [0.15, 0.2) is 0 Å². The number of nitriles is 2. The summed E-state index contributed by atoms with van der Waals surface area (Å²) in [4.78, 5) is 10.3. The predicted octanol–water partition coefficient (Wildman–Crippen LogP) is 3.70. The molecule has 1 N–H and O–H groups in total. The van der Waals surface area contributed by atoms with Gasteiger partial charge in [-0.05, 0) is 53.9 Å². The molecule has 0 aromatic heterocycles. The van der Waals surface area contributed by atoms with Crippen molar-refractivity contribution < 1.29 is 4.92 Å². The maximum atomic E-state index is 10.9. The minimum absolute atomic E-state index is 0.137. The lowest BCUT2D eigenvalue weighted by Crippen LogP contribution is -2.00. The molecule has 0 amide bonds. The van der Waals surface area contributed by atoms with E-state index in [1.807, 2.05) is 0 Å². The number of nitrogens with zero attached hydrogens (tertiary/aromatic N) is 4. The number of rotatable bonds is 3. The highest BCUT2D eigenvalue weighted by atomic mass is 79.9. The van der Waals surface area contributed by atoms with Gasteiger partial charge in [0.1, 0.15) is 16.6 Å². The Morgan fingerprint density at radius 1 is 1.32 bits per heavy atom. The quantitative estimate of drug-likeness (QED) is 0.427. The first-order valence-corrected chi connectivity index (χ1v) is 6.76. The van der Waals surface area contributed by atoms with Gasteiger partial charge in [0, 0.05) is 4.47 Å². The third kappa shape index (κ3) is 3.50. The van der Waals surface area contributed by atoms with E-state index in [-0.39, 0.29) is 20.3 Å². The van der Waals surface area contributed by atoms with Crippen molar-refractivity contribution in [1.29, 1.82) is 10.5 Å². The van der Waals surface area contributed by atoms with E-state index in [9.17, 15) is 10.1 Å². The number of benzene rings is 1. The standard InChI is InChI=1S/C9H2Br3N5O2/c10-5-1-6(11)9(17(18)19)7(12)8(5)16-15-4(2-13)3-14/h1,16H. The first-order chi connectivity index (χ1) is 8.92. The van der Waals surface area contributed by atoms with Gasteiger partial charge in [-0.25, -0.2) is 0 Å². The van der Waals surface area contributed by atoms with E-state index in [1.165, 1.54) is 6.07 Å². The molecular weight excluding hydrogens is 450 g/mol. The van der Waals surface area contributed by atoms with E-state index < -0.39 is 10.6 Å². The zero-order chi connectivity index (χ0) is 14.6. The van der Waals surface area contributed by atoms with Crippen LogP contribution in [0.25, 0.3) is 0 Å². The maximum absolute atomic E-state index is 10.9. The normalized spacial score (nSPS) is 9.11. The Morgan fingerprint density at radius 2 is 1.89 bits per heavy atom. The lowest BCUT2D eigenvalue weighted by molar-refractivity contribution is -0.386. The minimum atomic E-state index is -0.578. The summed E-state index contributed by atoms with van der Waals surface area (Å²) < 4.78 is 0.875. The van der Waals surface area contributed by atoms with Crippen LogP contribution >= 0.6 is 47.8 Å². The zero-order valence-electron chi connectivity index (χ0n) is 8.82. The molecule has 0 unspecified atom stereocenters. The lowest BCUT2D eigenvalue weighted by atomic mass is 10.3. The smallest absolute Gasteiger partial charge is 0.274 e. The van der Waals surface area contributed by atoms with Crippen LogP contribution in [0.5, 0.6) is 0 Å². The predicted molar refractivity (Wildman–Crippen MR) is 78.5 cm³/mol. The van der Waals surface area contributed by atoms with Crippen molar-refractivity contribution in [2.24, 2.45) is 5.10 Å². The van der Waals surface area contributed by atoms with Gasteiger partial charge in [-0.15, -0.1) is 0 Å². The van der Waals surface area contributed by atoms with Gasteiger partial charge in [0.05, 0.1) is 15.1 Å². The van der Waals surface area contributed by atoms with Crippen LogP contribution in [0.15, 0.2) is 24.6 Å². The van der Waals surface area contributed by atoms with Crippen molar-refractivity contribution in [2.75, 3.05) is 5.43 Å². The fraction of sp³-hybridized carbons (Fsp3) is 0. The van der Waals surface area contributed by atoms with Gasteiger partial charge in [-0.3, -0.25) is 15.5 Å². The average molecular weight is 452 g/mol. The van der Waals surface area contributed by atoms with Gasteiger partial charge in [-0.1, -0.05) is 0 Å². The molecule has 10 heteroatoms. The Kier molecular flexibility index (Phi) is 5.42. The first-order valence-electron chi connectivity index (χ1n) is 4.38. The molecule has 0 heterocycles. The summed E-state index contributed by atoms with van der Waals surface area (Å²) in [6.45, 7) is 0. The Bertz CT molecular complexity index is 643. The SMILES string of the molecule is N#CC(C#N)=NNc1c(Br)cc(Br)c([N+](=O)[O-])c1Br. The number of hydrogen-bond donors (Lipinski definition) is 1. The highest BCUT2D eigenvalue weighted by molar-refractivity contribution is 9.11. The fourth-order valence-corrected chi connectivity index (χ4v) is 3.62. The third-order valence-corrected chi connectivity index (χ3v) is 3.82. The second-order valence-corrected chi connectivity index (χ2v) is 5.43. The van der Waals surface area contributed by atoms with Gasteiger partial charge in [0.2, 0.25) is 5.71 Å². The first kappa shape index (κ1) is 15.6. The van der Waals surface area contributed by atoms with E-state index in [0.717, 1.165) is 0 Å². The van der Waals surface area contributed by atoms with Gasteiger partial charge < -0.3 is 0 Å². The molecule has 0 aliphatic rings. The third-order valence-electron chi connectivity index (χ3n) is 1.82. The summed E-state index contributed by atoms with van der Waals surface area (Å²) in [5.41, 5.74) is 2.07. The van der Waals surface area contributed by atoms with Crippen LogP contribution in [0.1, 0.15) is 0 Å². The second kappa shape index (κ2) is 6.61. The largest absolute Gasteiger partial charge is 0.299 e. The Labute approximate surface area is 132 Å². The zero-order valence-corrected chi connectivity index (χ0v) is 13.6. The van der Waals surface area contributed by atoms with Crippen molar-refractivity contribution >= 4 is 64.9 Å². The van der Waals surface area contributed by atoms with E-state index in [2.05, 4.69) is 58.3 Å². The van der Waals surface area contributed by atoms with Crippen molar-refractivity contribution in [2.45, 2.75) is 0 Å². The molecule has 0 spiro atoms. The monoisotopic (exact) mass is 449 g/mol. The molecule has 0 aliphatic heterocycles. The van der Waals surface area contributed by atoms with Crippen LogP contribution in [0, 0.1) is 32.8 Å². The van der Waals surface area contributed by atoms with Crippen molar-refractivity contribution in [3.63, 3.8) is 0 Å². The molecule has 1 aromatic rings. The molecule has 0 saturated heterocycles. The molecule has 0 atom stereocenters. The Balaban J connectivity index is 3.35. The number of anilines is 1. The maximum Gasteiger partial charge on any atom is 0.299 e. The molecule has 1 rings (SSSR count). The summed E-state index contributed by atoms with van der Waals surface area (Å²) >= 11 is 9.34. The summed E-state index contributed by atoms with van der Waals surface area (Å²) in [6.07, 6.45) is 0. The summed E-state index contributed by atoms with van der Waals surface area (Å²) in [6, 6.07) is 4.58. The van der Waals surface area contributed by atoms with Crippen LogP contribution in [-0.2, 0) is 0 Å². The average Bonchev–Trinajstić information content (AvgIpc) is 2.32. The van der Waals surface area contributed by atoms with Crippen LogP contribution in [0.3, 0.4) is 0 Å². The topological polar surface area (TPSA) is 115 Å². The van der Waals surface area contributed by atoms with E-state index in [4.69, 9.17) is 10.5 Å². The molecule has 7 nitrogen and oxygen atoms in total. The molecule has 1 aromatic carbocycles. The molecule has 0 radical (unpaired) electrons. The van der Waals surface area contributed by atoms with Crippen molar-refractivity contribution in [3.8, 4) is 12.1 Å². The van der Waals surface area contributed by atoms with Gasteiger partial charge in [-0.2, -0.15) is 15.6 Å². The molecule has 0 aliphatic carbocycles. The number of hydrogen-bond acceptors (Lipinski definition) is 6. The number of halogens is 3. The lowest BCUT2D eigenvalue weighted by Gasteiger charge is -2.08. The molecule has 19 heavy (non-hydrogen) atoms. The number of nitrogens with one attached hydrogen (secondary N) is 1. The Morgan fingerprint density at radius 3 is 2.37 bits per heavy atom. The van der Waals surface area contributed by atoms with Crippen LogP contribution < -0.4 is 5.43 Å². The van der Waals surface area contributed by atoms with Crippen molar-refractivity contribution in [1.82, 2.24) is 0 Å². The van der Waals surface area contributed by atoms with Crippen molar-refractivity contribution in [3.05, 3.63) is 29.6 Å². The van der Waals surface area contributed by atoms with Crippen LogP contribution in [0.2, 0.25) is 0 Å². The summed E-state index contributed by atoms with van der Waals surface area (Å²) in [7, 11) is 0. The second-order valence-electron chi connectivity index (χ2n) is 2.93. The van der Waals surface area contributed by atoms with E-state index >= 15 is 0 Å². The summed E-state index contributed by atoms with van der Waals surface area (Å²) in [5.74, 6) is 0. The highest BCUT2D eigenvalue weighted by Crippen LogP contribution is 2.43. The minimum Gasteiger partial charge on any atom is -0.274 e.